The molecule has 1 heterocycles. The number of halogens is 2. The van der Waals surface area contributed by atoms with Crippen molar-refractivity contribution >= 4 is 39.1 Å². The van der Waals surface area contributed by atoms with Gasteiger partial charge in [-0.05, 0) is 12.1 Å². The quantitative estimate of drug-likeness (QED) is 0.739. The normalized spacial score (nSPS) is 10.1. The zero-order chi connectivity index (χ0) is 11.0. The van der Waals surface area contributed by atoms with Gasteiger partial charge in [-0.1, -0.05) is 22.9 Å². The summed E-state index contributed by atoms with van der Waals surface area (Å²) in [6.07, 6.45) is 0. The lowest BCUT2D eigenvalue weighted by atomic mass is 10.3. The molecule has 0 atom stereocenters. The number of thiazole rings is 1. The summed E-state index contributed by atoms with van der Waals surface area (Å²) in [6.45, 7) is 1.90. The summed E-state index contributed by atoms with van der Waals surface area (Å²) in [5.41, 5.74) is 0.921. The second kappa shape index (κ2) is 5.12. The lowest BCUT2D eigenvalue weighted by Gasteiger charge is -1.91. The number of rotatable bonds is 2. The SMILES string of the molecule is Cc1sc2cc(Cl)ccc2[n+]1CC(=O)O.[Br-]. The van der Waals surface area contributed by atoms with Crippen molar-refractivity contribution in [1.82, 2.24) is 0 Å². The predicted molar refractivity (Wildman–Crippen MR) is 59.4 cm³/mol. The molecule has 1 aromatic carbocycles. The molecule has 2 aromatic rings. The van der Waals surface area contributed by atoms with Crippen molar-refractivity contribution in [2.45, 2.75) is 13.5 Å². The molecule has 0 fully saturated rings. The number of hydrogen-bond donors (Lipinski definition) is 1. The number of carbonyl (C=O) groups is 1. The zero-order valence-corrected chi connectivity index (χ0v) is 11.6. The van der Waals surface area contributed by atoms with Gasteiger partial charge in [0.25, 0.3) is 0 Å². The van der Waals surface area contributed by atoms with Crippen LogP contribution in [0.15, 0.2) is 18.2 Å². The summed E-state index contributed by atoms with van der Waals surface area (Å²) in [5, 5.41) is 10.4. The van der Waals surface area contributed by atoms with Gasteiger partial charge in [-0.25, -0.2) is 4.79 Å². The molecule has 2 rings (SSSR count). The molecule has 0 saturated heterocycles. The second-order valence-electron chi connectivity index (χ2n) is 3.21. The highest BCUT2D eigenvalue weighted by molar-refractivity contribution is 7.18. The maximum Gasteiger partial charge on any atom is 0.370 e. The number of benzene rings is 1. The van der Waals surface area contributed by atoms with Crippen LogP contribution in [0.5, 0.6) is 0 Å². The first-order valence-corrected chi connectivity index (χ1v) is 5.57. The van der Waals surface area contributed by atoms with E-state index in [0.29, 0.717) is 5.02 Å². The van der Waals surface area contributed by atoms with Gasteiger partial charge >= 0.3 is 5.97 Å². The molecule has 0 aliphatic heterocycles. The average Bonchev–Trinajstić information content (AvgIpc) is 2.41. The van der Waals surface area contributed by atoms with Gasteiger partial charge in [0.2, 0.25) is 17.1 Å². The minimum Gasteiger partial charge on any atom is -1.00 e. The second-order valence-corrected chi connectivity index (χ2v) is 4.88. The fourth-order valence-corrected chi connectivity index (χ4v) is 2.81. The van der Waals surface area contributed by atoms with Crippen LogP contribution >= 0.6 is 22.9 Å². The van der Waals surface area contributed by atoms with Gasteiger partial charge in [-0.15, -0.1) is 0 Å². The Labute approximate surface area is 112 Å². The maximum atomic E-state index is 10.7. The molecular weight excluding hydrogens is 314 g/mol. The molecule has 0 saturated carbocycles. The number of aryl methyl sites for hydroxylation is 1. The standard InChI is InChI=1S/C10H8ClNO2S.BrH/c1-6-12(5-10(13)14)8-3-2-7(11)4-9(8)15-6;/h2-4H,5H2,1H3;1H. The summed E-state index contributed by atoms with van der Waals surface area (Å²) in [4.78, 5) is 10.7. The Kier molecular flexibility index (Phi) is 4.29. The van der Waals surface area contributed by atoms with E-state index >= 15 is 0 Å². The number of nitrogens with zero attached hydrogens (tertiary/aromatic N) is 1. The average molecular weight is 323 g/mol. The number of carboxylic acid groups (broad SMARTS) is 1. The molecule has 6 heteroatoms. The Morgan fingerprint density at radius 2 is 2.25 bits per heavy atom. The zero-order valence-electron chi connectivity index (χ0n) is 8.41. The van der Waals surface area contributed by atoms with E-state index in [1.165, 1.54) is 0 Å². The topological polar surface area (TPSA) is 41.2 Å². The van der Waals surface area contributed by atoms with Crippen LogP contribution in [0.25, 0.3) is 10.2 Å². The third kappa shape index (κ3) is 2.53. The first kappa shape index (κ1) is 13.4. The van der Waals surface area contributed by atoms with Crippen molar-refractivity contribution in [3.05, 3.63) is 28.2 Å². The molecule has 3 nitrogen and oxygen atoms in total. The van der Waals surface area contributed by atoms with Crippen LogP contribution < -0.4 is 21.5 Å². The van der Waals surface area contributed by atoms with Crippen LogP contribution in [0.4, 0.5) is 0 Å². The summed E-state index contributed by atoms with van der Waals surface area (Å²) in [6, 6.07) is 5.48. The van der Waals surface area contributed by atoms with Crippen LogP contribution in [-0.4, -0.2) is 11.1 Å². The van der Waals surface area contributed by atoms with E-state index in [1.807, 2.05) is 19.1 Å². The first-order valence-electron chi connectivity index (χ1n) is 4.38. The van der Waals surface area contributed by atoms with Crippen LogP contribution in [-0.2, 0) is 11.3 Å². The maximum absolute atomic E-state index is 10.7. The van der Waals surface area contributed by atoms with Crippen molar-refractivity contribution in [2.24, 2.45) is 0 Å². The van der Waals surface area contributed by atoms with Crippen LogP contribution in [0.3, 0.4) is 0 Å². The predicted octanol–water partition coefficient (Wildman–Crippen LogP) is -0.761. The molecule has 0 aliphatic rings. The third-order valence-electron chi connectivity index (χ3n) is 2.14. The van der Waals surface area contributed by atoms with E-state index in [1.54, 1.807) is 22.0 Å². The van der Waals surface area contributed by atoms with E-state index in [9.17, 15) is 4.79 Å². The van der Waals surface area contributed by atoms with Crippen molar-refractivity contribution < 1.29 is 31.4 Å². The molecular formula is C10H9BrClNO2S. The van der Waals surface area contributed by atoms with E-state index in [-0.39, 0.29) is 23.5 Å². The molecule has 1 aromatic heterocycles. The fourth-order valence-electron chi connectivity index (χ4n) is 1.51. The molecule has 0 bridgehead atoms. The van der Waals surface area contributed by atoms with Crippen LogP contribution in [0, 0.1) is 6.92 Å². The minimum atomic E-state index is -0.835. The molecule has 0 amide bonds. The Morgan fingerprint density at radius 1 is 1.56 bits per heavy atom. The summed E-state index contributed by atoms with van der Waals surface area (Å²) >= 11 is 7.42. The Bertz CT molecular complexity index is 541. The molecule has 0 aliphatic carbocycles. The number of aromatic nitrogens is 1. The van der Waals surface area contributed by atoms with Gasteiger partial charge in [-0.3, -0.25) is 0 Å². The van der Waals surface area contributed by atoms with Crippen LogP contribution in [0.1, 0.15) is 5.01 Å². The van der Waals surface area contributed by atoms with E-state index in [4.69, 9.17) is 16.7 Å². The van der Waals surface area contributed by atoms with Gasteiger partial charge in [-0.2, -0.15) is 4.57 Å². The molecule has 0 radical (unpaired) electrons. The van der Waals surface area contributed by atoms with E-state index < -0.39 is 5.97 Å². The summed E-state index contributed by atoms with van der Waals surface area (Å²) < 4.78 is 2.79. The molecule has 0 unspecified atom stereocenters. The summed E-state index contributed by atoms with van der Waals surface area (Å²) in [7, 11) is 0. The molecule has 16 heavy (non-hydrogen) atoms. The monoisotopic (exact) mass is 321 g/mol. The third-order valence-corrected chi connectivity index (χ3v) is 3.44. The molecule has 86 valence electrons. The number of aliphatic carboxylic acids is 1. The van der Waals surface area contributed by atoms with Gasteiger partial charge < -0.3 is 22.1 Å². The van der Waals surface area contributed by atoms with Gasteiger partial charge in [0.05, 0.1) is 0 Å². The highest BCUT2D eigenvalue weighted by Gasteiger charge is 2.19. The minimum absolute atomic E-state index is 0. The molecule has 1 N–H and O–H groups in total. The highest BCUT2D eigenvalue weighted by Crippen LogP contribution is 2.23. The highest BCUT2D eigenvalue weighted by atomic mass is 79.9. The van der Waals surface area contributed by atoms with E-state index in [0.717, 1.165) is 15.2 Å². The smallest absolute Gasteiger partial charge is 0.370 e. The van der Waals surface area contributed by atoms with Gasteiger partial charge in [0.15, 0.2) is 0 Å². The number of hydrogen-bond acceptors (Lipinski definition) is 2. The largest absolute Gasteiger partial charge is 1.00 e. The van der Waals surface area contributed by atoms with Gasteiger partial charge in [0.1, 0.15) is 4.70 Å². The number of carboxylic acids is 1. The van der Waals surface area contributed by atoms with E-state index in [2.05, 4.69) is 0 Å². The Balaban J connectivity index is 0.00000128. The summed E-state index contributed by atoms with van der Waals surface area (Å²) in [5.74, 6) is -0.835. The van der Waals surface area contributed by atoms with Crippen molar-refractivity contribution in [3.8, 4) is 0 Å². The van der Waals surface area contributed by atoms with Crippen molar-refractivity contribution in [2.75, 3.05) is 0 Å². The molecule has 0 spiro atoms. The Morgan fingerprint density at radius 3 is 2.88 bits per heavy atom. The first-order chi connectivity index (χ1) is 7.08. The lowest BCUT2D eigenvalue weighted by Crippen LogP contribution is -3.00. The Hall–Kier alpha value is -0.650. The lowest BCUT2D eigenvalue weighted by molar-refractivity contribution is -0.661. The van der Waals surface area contributed by atoms with Crippen molar-refractivity contribution in [3.63, 3.8) is 0 Å². The fraction of sp³-hybridized carbons (Fsp3) is 0.200. The van der Waals surface area contributed by atoms with Gasteiger partial charge in [0, 0.05) is 18.0 Å². The van der Waals surface area contributed by atoms with Crippen LogP contribution in [0.2, 0.25) is 5.02 Å². The number of fused-ring (bicyclic) bond motifs is 1. The van der Waals surface area contributed by atoms with Crippen molar-refractivity contribution in [1.29, 1.82) is 0 Å².